The van der Waals surface area contributed by atoms with E-state index in [2.05, 4.69) is 25.3 Å². The fraction of sp³-hybridized carbons (Fsp3) is 0.400. The third-order valence-corrected chi connectivity index (χ3v) is 7.38. The molecule has 0 spiro atoms. The van der Waals surface area contributed by atoms with E-state index in [-0.39, 0.29) is 35.6 Å². The number of benzene rings is 1. The SMILES string of the molecule is COC(=O)c1ccc(C(=O)NC(=N[C@H]2CCCCN(CC(=O)N3CCCC3)C2=O)Nc2ccc3oc(C)cc3c2)cn1. The van der Waals surface area contributed by atoms with Crippen LogP contribution in [0.15, 0.2) is 52.0 Å². The number of carbonyl (C=O) groups excluding carboxylic acids is 4. The van der Waals surface area contributed by atoms with Crippen molar-refractivity contribution in [2.24, 2.45) is 4.99 Å². The van der Waals surface area contributed by atoms with Gasteiger partial charge in [0.15, 0.2) is 0 Å². The predicted octanol–water partition coefficient (Wildman–Crippen LogP) is 3.12. The monoisotopic (exact) mass is 574 g/mol. The summed E-state index contributed by atoms with van der Waals surface area (Å²) in [4.78, 5) is 63.4. The second-order valence-corrected chi connectivity index (χ2v) is 10.4. The number of rotatable bonds is 6. The Bertz CT molecular complexity index is 1510. The molecule has 0 aliphatic carbocycles. The van der Waals surface area contributed by atoms with Crippen molar-refractivity contribution >= 4 is 46.3 Å². The number of carbonyl (C=O) groups is 4. The molecular weight excluding hydrogens is 540 g/mol. The number of pyridine rings is 1. The lowest BCUT2D eigenvalue weighted by Gasteiger charge is -2.25. The first-order valence-corrected chi connectivity index (χ1v) is 14.1. The summed E-state index contributed by atoms with van der Waals surface area (Å²) in [6.45, 7) is 3.80. The fourth-order valence-electron chi connectivity index (χ4n) is 5.17. The number of aliphatic imine (C=N–C) groups is 1. The zero-order valence-corrected chi connectivity index (χ0v) is 23.7. The van der Waals surface area contributed by atoms with E-state index in [0.29, 0.717) is 18.7 Å². The highest BCUT2D eigenvalue weighted by atomic mass is 16.5. The van der Waals surface area contributed by atoms with Gasteiger partial charge >= 0.3 is 5.97 Å². The van der Waals surface area contributed by atoms with Gasteiger partial charge in [0.1, 0.15) is 23.1 Å². The van der Waals surface area contributed by atoms with Gasteiger partial charge in [-0.05, 0) is 75.4 Å². The number of fused-ring (bicyclic) bond motifs is 1. The number of hydrogen-bond donors (Lipinski definition) is 2. The summed E-state index contributed by atoms with van der Waals surface area (Å²) in [5.74, 6) is -0.618. The Labute approximate surface area is 243 Å². The summed E-state index contributed by atoms with van der Waals surface area (Å²) >= 11 is 0. The molecule has 0 unspecified atom stereocenters. The highest BCUT2D eigenvalue weighted by Gasteiger charge is 2.30. The zero-order chi connectivity index (χ0) is 29.6. The second kappa shape index (κ2) is 12.8. The number of nitrogens with zero attached hydrogens (tertiary/aromatic N) is 4. The van der Waals surface area contributed by atoms with Crippen LogP contribution in [0.1, 0.15) is 58.7 Å². The van der Waals surface area contributed by atoms with E-state index in [0.717, 1.165) is 55.5 Å². The van der Waals surface area contributed by atoms with E-state index in [4.69, 9.17) is 4.42 Å². The second-order valence-electron chi connectivity index (χ2n) is 10.4. The largest absolute Gasteiger partial charge is 0.464 e. The molecule has 1 aromatic carbocycles. The Morgan fingerprint density at radius 2 is 1.86 bits per heavy atom. The minimum absolute atomic E-state index is 0.0225. The molecule has 2 N–H and O–H groups in total. The van der Waals surface area contributed by atoms with Crippen LogP contribution in [0.4, 0.5) is 5.69 Å². The van der Waals surface area contributed by atoms with Crippen LogP contribution in [-0.2, 0) is 14.3 Å². The number of hydrogen-bond acceptors (Lipinski definition) is 8. The zero-order valence-electron chi connectivity index (χ0n) is 23.7. The Morgan fingerprint density at radius 3 is 2.60 bits per heavy atom. The van der Waals surface area contributed by atoms with Gasteiger partial charge < -0.3 is 24.3 Å². The van der Waals surface area contributed by atoms with Crippen LogP contribution in [-0.4, -0.2) is 83.8 Å². The van der Waals surface area contributed by atoms with Gasteiger partial charge in [0.25, 0.3) is 5.91 Å². The number of aromatic nitrogens is 1. The molecule has 0 radical (unpaired) electrons. The van der Waals surface area contributed by atoms with E-state index in [1.54, 1.807) is 15.9 Å². The summed E-state index contributed by atoms with van der Waals surface area (Å²) in [7, 11) is 1.25. The summed E-state index contributed by atoms with van der Waals surface area (Å²) < 4.78 is 10.3. The van der Waals surface area contributed by atoms with Gasteiger partial charge in [0.2, 0.25) is 17.8 Å². The number of nitrogens with one attached hydrogen (secondary N) is 2. The van der Waals surface area contributed by atoms with Crippen LogP contribution in [0.25, 0.3) is 11.0 Å². The lowest BCUT2D eigenvalue weighted by Crippen LogP contribution is -2.45. The van der Waals surface area contributed by atoms with E-state index >= 15 is 0 Å². The number of methoxy groups -OCH3 is 1. The molecule has 2 aromatic heterocycles. The number of guanidine groups is 1. The summed E-state index contributed by atoms with van der Waals surface area (Å²) in [6.07, 6.45) is 5.20. The molecular formula is C30H34N6O6. The molecule has 0 saturated carbocycles. The van der Waals surface area contributed by atoms with Crippen LogP contribution in [0.5, 0.6) is 0 Å². The number of ether oxygens (including phenoxy) is 1. The number of aryl methyl sites for hydroxylation is 1. The number of furan rings is 1. The smallest absolute Gasteiger partial charge is 0.356 e. The molecule has 5 rings (SSSR count). The molecule has 3 aromatic rings. The van der Waals surface area contributed by atoms with Crippen LogP contribution in [0.3, 0.4) is 0 Å². The maximum Gasteiger partial charge on any atom is 0.356 e. The van der Waals surface area contributed by atoms with Crippen LogP contribution in [0.2, 0.25) is 0 Å². The Hall–Kier alpha value is -4.74. The topological polar surface area (TPSA) is 146 Å². The lowest BCUT2D eigenvalue weighted by atomic mass is 10.1. The molecule has 4 heterocycles. The predicted molar refractivity (Wildman–Crippen MR) is 155 cm³/mol. The van der Waals surface area contributed by atoms with Crippen molar-refractivity contribution in [3.63, 3.8) is 0 Å². The molecule has 2 aliphatic rings. The Morgan fingerprint density at radius 1 is 1.07 bits per heavy atom. The average Bonchev–Trinajstić information content (AvgIpc) is 3.63. The van der Waals surface area contributed by atoms with E-state index < -0.39 is 17.9 Å². The van der Waals surface area contributed by atoms with Gasteiger partial charge in [-0.3, -0.25) is 19.7 Å². The Balaban J connectivity index is 1.39. The van der Waals surface area contributed by atoms with Crippen LogP contribution in [0, 0.1) is 6.92 Å². The fourth-order valence-corrected chi connectivity index (χ4v) is 5.17. The first-order chi connectivity index (χ1) is 20.3. The summed E-state index contributed by atoms with van der Waals surface area (Å²) in [5, 5.41) is 6.77. The van der Waals surface area contributed by atoms with Crippen molar-refractivity contribution < 1.29 is 28.3 Å². The van der Waals surface area contributed by atoms with Crippen LogP contribution < -0.4 is 10.6 Å². The number of anilines is 1. The molecule has 220 valence electrons. The van der Waals surface area contributed by atoms with Gasteiger partial charge in [-0.15, -0.1) is 0 Å². The van der Waals surface area contributed by atoms with Gasteiger partial charge in [-0.25, -0.2) is 14.8 Å². The summed E-state index contributed by atoms with van der Waals surface area (Å²) in [6, 6.07) is 9.41. The first kappa shape index (κ1) is 28.8. The highest BCUT2D eigenvalue weighted by molar-refractivity contribution is 6.11. The first-order valence-electron chi connectivity index (χ1n) is 14.1. The van der Waals surface area contributed by atoms with Crippen molar-refractivity contribution in [2.45, 2.75) is 45.1 Å². The van der Waals surface area contributed by atoms with E-state index in [1.165, 1.54) is 25.4 Å². The van der Waals surface area contributed by atoms with Crippen molar-refractivity contribution in [3.05, 3.63) is 59.6 Å². The van der Waals surface area contributed by atoms with Gasteiger partial charge in [-0.1, -0.05) is 0 Å². The van der Waals surface area contributed by atoms with Crippen molar-refractivity contribution in [2.75, 3.05) is 38.6 Å². The molecule has 42 heavy (non-hydrogen) atoms. The van der Waals surface area contributed by atoms with E-state index in [9.17, 15) is 19.2 Å². The van der Waals surface area contributed by atoms with Crippen molar-refractivity contribution in [3.8, 4) is 0 Å². The third-order valence-electron chi connectivity index (χ3n) is 7.38. The van der Waals surface area contributed by atoms with Gasteiger partial charge in [0, 0.05) is 36.9 Å². The quantitative estimate of drug-likeness (QED) is 0.259. The van der Waals surface area contributed by atoms with Crippen molar-refractivity contribution in [1.29, 1.82) is 0 Å². The molecule has 0 bridgehead atoms. The molecule has 2 saturated heterocycles. The number of likely N-dealkylation sites (tertiary alicyclic amines) is 2. The molecule has 12 heteroatoms. The minimum Gasteiger partial charge on any atom is -0.464 e. The molecule has 2 aliphatic heterocycles. The number of esters is 1. The Kier molecular flexibility index (Phi) is 8.80. The third kappa shape index (κ3) is 6.76. The van der Waals surface area contributed by atoms with Crippen LogP contribution >= 0.6 is 0 Å². The summed E-state index contributed by atoms with van der Waals surface area (Å²) in [5.41, 5.74) is 1.60. The molecule has 1 atom stereocenters. The molecule has 2 fully saturated rings. The van der Waals surface area contributed by atoms with Gasteiger partial charge in [-0.2, -0.15) is 0 Å². The maximum atomic E-state index is 13.6. The maximum absolute atomic E-state index is 13.6. The normalized spacial score (nSPS) is 17.7. The standard InChI is InChI=1S/C30H34N6O6/c1-19-15-21-16-22(9-11-25(21)42-19)32-30(34-27(38)20-8-10-24(31-17-20)29(40)41-2)33-23-7-3-4-14-36(28(23)39)18-26(37)35-12-5-6-13-35/h8-11,15-17,23H,3-7,12-14,18H2,1-2H3,(H2,32,33,34,38)/t23-/m0/s1. The lowest BCUT2D eigenvalue weighted by molar-refractivity contribution is -0.140. The van der Waals surface area contributed by atoms with E-state index in [1.807, 2.05) is 25.1 Å². The number of amides is 3. The average molecular weight is 575 g/mol. The molecule has 12 nitrogen and oxygen atoms in total. The molecule has 3 amide bonds. The van der Waals surface area contributed by atoms with Crippen molar-refractivity contribution in [1.82, 2.24) is 20.1 Å². The highest BCUT2D eigenvalue weighted by Crippen LogP contribution is 2.23. The van der Waals surface area contributed by atoms with Gasteiger partial charge in [0.05, 0.1) is 19.2 Å². The minimum atomic E-state index is -0.790.